The van der Waals surface area contributed by atoms with Crippen LogP contribution in [0.25, 0.3) is 0 Å². The molecule has 2 rings (SSSR count). The van der Waals surface area contributed by atoms with Crippen LogP contribution in [-0.4, -0.2) is 4.98 Å². The zero-order valence-corrected chi connectivity index (χ0v) is 14.6. The molecule has 5 heteroatoms. The first-order valence-corrected chi connectivity index (χ1v) is 7.96. The molecule has 0 atom stereocenters. The number of nitrogens with zero attached hydrogens (tertiary/aromatic N) is 2. The van der Waals surface area contributed by atoms with Gasteiger partial charge in [0.25, 0.3) is 0 Å². The van der Waals surface area contributed by atoms with E-state index in [-0.39, 0.29) is 0 Å². The summed E-state index contributed by atoms with van der Waals surface area (Å²) in [6.07, 6.45) is 3.31. The van der Waals surface area contributed by atoms with E-state index >= 15 is 0 Å². The van der Waals surface area contributed by atoms with Crippen LogP contribution in [0.4, 0.5) is 0 Å². The molecule has 19 heavy (non-hydrogen) atoms. The summed E-state index contributed by atoms with van der Waals surface area (Å²) in [5.41, 5.74) is 2.68. The van der Waals surface area contributed by atoms with Crippen LogP contribution in [0.15, 0.2) is 43.9 Å². The predicted molar refractivity (Wildman–Crippen MR) is 85.9 cm³/mol. The van der Waals surface area contributed by atoms with Gasteiger partial charge < -0.3 is 0 Å². The van der Waals surface area contributed by atoms with Crippen molar-refractivity contribution >= 4 is 47.8 Å². The van der Waals surface area contributed by atoms with E-state index in [4.69, 9.17) is 5.26 Å². The zero-order chi connectivity index (χ0) is 13.8. The minimum atomic E-state index is 0.497. The second kappa shape index (κ2) is 6.65. The van der Waals surface area contributed by atoms with Crippen LogP contribution in [0, 0.1) is 11.3 Å². The maximum atomic E-state index is 9.05. The molecule has 0 fully saturated rings. The number of rotatable bonds is 3. The molecule has 1 aromatic carbocycles. The van der Waals surface area contributed by atoms with E-state index in [0.29, 0.717) is 5.69 Å². The Kier molecular flexibility index (Phi) is 5.14. The third-order valence-electron chi connectivity index (χ3n) is 2.64. The van der Waals surface area contributed by atoms with Gasteiger partial charge in [0.15, 0.2) is 0 Å². The van der Waals surface area contributed by atoms with Gasteiger partial charge in [0, 0.05) is 19.6 Å². The summed E-state index contributed by atoms with van der Waals surface area (Å²) in [6, 6.07) is 10.3. The maximum Gasteiger partial charge on any atom is 0.143 e. The highest BCUT2D eigenvalue weighted by Crippen LogP contribution is 2.22. The molecule has 0 aliphatic carbocycles. The predicted octanol–water partition coefficient (Wildman–Crippen LogP) is 5.03. The molecule has 0 aliphatic rings. The molecule has 0 unspecified atom stereocenters. The fraction of sp³-hybridized carbons (Fsp3) is 0.143. The Balaban J connectivity index is 2.19. The molecule has 0 bridgehead atoms. The van der Waals surface area contributed by atoms with Gasteiger partial charge in [0.05, 0.1) is 0 Å². The lowest BCUT2D eigenvalue weighted by molar-refractivity contribution is 0.938. The standard InChI is InChI=1S/C14H9Br3N2/c15-11-3-9(4-12(16)6-11)1-2-10-5-13(17)8-19-14(10)7-18/h3-6,8H,1-2H2. The molecule has 2 aromatic rings. The van der Waals surface area contributed by atoms with E-state index in [2.05, 4.69) is 71.0 Å². The van der Waals surface area contributed by atoms with Crippen LogP contribution in [-0.2, 0) is 12.8 Å². The van der Waals surface area contributed by atoms with E-state index in [0.717, 1.165) is 31.8 Å². The molecule has 1 aromatic heterocycles. The van der Waals surface area contributed by atoms with Crippen molar-refractivity contribution in [1.29, 1.82) is 5.26 Å². The van der Waals surface area contributed by atoms with E-state index in [9.17, 15) is 0 Å². The Morgan fingerprint density at radius 3 is 2.26 bits per heavy atom. The van der Waals surface area contributed by atoms with Crippen LogP contribution in [0.2, 0.25) is 0 Å². The lowest BCUT2D eigenvalue weighted by Gasteiger charge is -2.06. The number of aromatic nitrogens is 1. The average molecular weight is 445 g/mol. The smallest absolute Gasteiger partial charge is 0.143 e. The molecule has 1 heterocycles. The summed E-state index contributed by atoms with van der Waals surface area (Å²) in [6.45, 7) is 0. The summed E-state index contributed by atoms with van der Waals surface area (Å²) < 4.78 is 2.99. The third-order valence-corrected chi connectivity index (χ3v) is 3.99. The molecule has 0 aliphatic heterocycles. The van der Waals surface area contributed by atoms with E-state index in [1.54, 1.807) is 6.20 Å². The van der Waals surface area contributed by atoms with Crippen LogP contribution < -0.4 is 0 Å². The molecule has 0 spiro atoms. The molecule has 0 radical (unpaired) electrons. The third kappa shape index (κ3) is 4.13. The van der Waals surface area contributed by atoms with Crippen molar-refractivity contribution < 1.29 is 0 Å². The first-order chi connectivity index (χ1) is 9.08. The normalized spacial score (nSPS) is 10.2. The number of pyridine rings is 1. The second-order valence-electron chi connectivity index (χ2n) is 4.05. The molecule has 96 valence electrons. The van der Waals surface area contributed by atoms with Gasteiger partial charge in [-0.05, 0) is 64.2 Å². The fourth-order valence-electron chi connectivity index (χ4n) is 1.81. The topological polar surface area (TPSA) is 36.7 Å². The lowest BCUT2D eigenvalue weighted by atomic mass is 10.0. The Bertz CT molecular complexity index is 627. The first-order valence-electron chi connectivity index (χ1n) is 5.58. The number of aryl methyl sites for hydroxylation is 2. The van der Waals surface area contributed by atoms with Crippen molar-refractivity contribution in [3.8, 4) is 6.07 Å². The zero-order valence-electron chi connectivity index (χ0n) is 9.83. The molecule has 0 amide bonds. The van der Waals surface area contributed by atoms with Crippen LogP contribution >= 0.6 is 47.8 Å². The van der Waals surface area contributed by atoms with Crippen molar-refractivity contribution in [1.82, 2.24) is 4.98 Å². The molecule has 2 nitrogen and oxygen atoms in total. The van der Waals surface area contributed by atoms with Crippen LogP contribution in [0.3, 0.4) is 0 Å². The minimum Gasteiger partial charge on any atom is -0.244 e. The number of hydrogen-bond donors (Lipinski definition) is 0. The van der Waals surface area contributed by atoms with Gasteiger partial charge in [-0.25, -0.2) is 4.98 Å². The van der Waals surface area contributed by atoms with Crippen molar-refractivity contribution in [3.05, 3.63) is 60.7 Å². The highest BCUT2D eigenvalue weighted by atomic mass is 79.9. The van der Waals surface area contributed by atoms with E-state index in [1.807, 2.05) is 12.1 Å². The lowest BCUT2D eigenvalue weighted by Crippen LogP contribution is -1.97. The Hall–Kier alpha value is -0.700. The second-order valence-corrected chi connectivity index (χ2v) is 6.80. The number of halogens is 3. The fourth-order valence-corrected chi connectivity index (χ4v) is 3.57. The van der Waals surface area contributed by atoms with Gasteiger partial charge in [-0.3, -0.25) is 0 Å². The Morgan fingerprint density at radius 1 is 0.947 bits per heavy atom. The number of hydrogen-bond acceptors (Lipinski definition) is 2. The van der Waals surface area contributed by atoms with Gasteiger partial charge in [0.1, 0.15) is 11.8 Å². The molecular weight excluding hydrogens is 436 g/mol. The van der Waals surface area contributed by atoms with Crippen LogP contribution in [0.1, 0.15) is 16.8 Å². The Labute approximate surface area is 137 Å². The summed E-state index contributed by atoms with van der Waals surface area (Å²) in [7, 11) is 0. The average Bonchev–Trinajstić information content (AvgIpc) is 2.35. The highest BCUT2D eigenvalue weighted by Gasteiger charge is 2.06. The monoisotopic (exact) mass is 442 g/mol. The Morgan fingerprint density at radius 2 is 1.63 bits per heavy atom. The number of nitriles is 1. The van der Waals surface area contributed by atoms with Crippen LogP contribution in [0.5, 0.6) is 0 Å². The van der Waals surface area contributed by atoms with Crippen molar-refractivity contribution in [2.75, 3.05) is 0 Å². The maximum absolute atomic E-state index is 9.05. The largest absolute Gasteiger partial charge is 0.244 e. The van der Waals surface area contributed by atoms with E-state index < -0.39 is 0 Å². The quantitative estimate of drug-likeness (QED) is 0.666. The van der Waals surface area contributed by atoms with Crippen molar-refractivity contribution in [2.45, 2.75) is 12.8 Å². The number of benzene rings is 1. The molecule has 0 N–H and O–H groups in total. The SMILES string of the molecule is N#Cc1ncc(Br)cc1CCc1cc(Br)cc(Br)c1. The highest BCUT2D eigenvalue weighted by molar-refractivity contribution is 9.11. The van der Waals surface area contributed by atoms with Gasteiger partial charge in [-0.1, -0.05) is 31.9 Å². The summed E-state index contributed by atoms with van der Waals surface area (Å²) in [5.74, 6) is 0. The summed E-state index contributed by atoms with van der Waals surface area (Å²) in [4.78, 5) is 4.12. The summed E-state index contributed by atoms with van der Waals surface area (Å²) in [5, 5.41) is 9.05. The molecule has 0 saturated carbocycles. The molecule has 0 saturated heterocycles. The minimum absolute atomic E-state index is 0.497. The van der Waals surface area contributed by atoms with Crippen molar-refractivity contribution in [2.24, 2.45) is 0 Å². The van der Waals surface area contributed by atoms with Gasteiger partial charge in [-0.15, -0.1) is 0 Å². The first kappa shape index (κ1) is 14.7. The van der Waals surface area contributed by atoms with Crippen molar-refractivity contribution in [3.63, 3.8) is 0 Å². The van der Waals surface area contributed by atoms with Gasteiger partial charge in [-0.2, -0.15) is 5.26 Å². The van der Waals surface area contributed by atoms with E-state index in [1.165, 1.54) is 5.56 Å². The van der Waals surface area contributed by atoms with Gasteiger partial charge >= 0.3 is 0 Å². The molecular formula is C14H9Br3N2. The summed E-state index contributed by atoms with van der Waals surface area (Å²) >= 11 is 10.3. The van der Waals surface area contributed by atoms with Gasteiger partial charge in [0.2, 0.25) is 0 Å².